The molecular weight excluding hydrogens is 384 g/mol. The first-order valence-electron chi connectivity index (χ1n) is 6.76. The van der Waals surface area contributed by atoms with E-state index in [9.17, 15) is 0 Å². The summed E-state index contributed by atoms with van der Waals surface area (Å²) in [5.41, 5.74) is 4.16. The molecule has 0 bridgehead atoms. The van der Waals surface area contributed by atoms with Gasteiger partial charge in [-0.25, -0.2) is 0 Å². The Kier molecular flexibility index (Phi) is 5.47. The third-order valence-electron chi connectivity index (χ3n) is 3.57. The molecule has 0 amide bonds. The van der Waals surface area contributed by atoms with Gasteiger partial charge < -0.3 is 10.2 Å². The number of hydrogen-bond acceptors (Lipinski definition) is 2. The first-order chi connectivity index (χ1) is 10.3. The van der Waals surface area contributed by atoms with Gasteiger partial charge in [-0.15, -0.1) is 0 Å². The highest BCUT2D eigenvalue weighted by Gasteiger charge is 2.14. The summed E-state index contributed by atoms with van der Waals surface area (Å²) in [4.78, 5) is 1.98. The van der Waals surface area contributed by atoms with Gasteiger partial charge in [0.25, 0.3) is 0 Å². The molecule has 0 aliphatic heterocycles. The third-order valence-corrected chi connectivity index (χ3v) is 4.79. The van der Waals surface area contributed by atoms with Crippen LogP contribution in [0.15, 0.2) is 22.7 Å². The molecule has 0 atom stereocenters. The zero-order chi connectivity index (χ0) is 16.4. The minimum Gasteiger partial charge on any atom is -0.348 e. The first-order valence-corrected chi connectivity index (χ1v) is 8.33. The smallest absolute Gasteiger partial charge is 0.173 e. The Morgan fingerprint density at radius 3 is 2.68 bits per heavy atom. The zero-order valence-electron chi connectivity index (χ0n) is 12.9. The quantitative estimate of drug-likeness (QED) is 0.778. The van der Waals surface area contributed by atoms with E-state index in [2.05, 4.69) is 33.3 Å². The second-order valence-electron chi connectivity index (χ2n) is 5.18. The van der Waals surface area contributed by atoms with Gasteiger partial charge in [0, 0.05) is 36.4 Å². The van der Waals surface area contributed by atoms with Gasteiger partial charge >= 0.3 is 0 Å². The summed E-state index contributed by atoms with van der Waals surface area (Å²) in [6.45, 7) is 4.77. The van der Waals surface area contributed by atoms with Crippen molar-refractivity contribution in [2.45, 2.75) is 20.4 Å². The number of hydrogen-bond donors (Lipinski definition) is 1. The molecule has 2 aromatic rings. The standard InChI is InChI=1S/C15H18BrClN4S/c1-9-12(10(2)21(4)19-9)8-20(3)15(22)18-14-6-5-11(16)7-13(14)17/h5-7H,8H2,1-4H3,(H,18,22). The number of benzene rings is 1. The number of aromatic nitrogens is 2. The maximum atomic E-state index is 6.21. The Balaban J connectivity index is 2.09. The molecular formula is C15H18BrClN4S. The molecule has 2 rings (SSSR count). The van der Waals surface area contributed by atoms with E-state index in [4.69, 9.17) is 23.8 Å². The van der Waals surface area contributed by atoms with Crippen LogP contribution >= 0.6 is 39.7 Å². The Morgan fingerprint density at radius 1 is 1.45 bits per heavy atom. The zero-order valence-corrected chi connectivity index (χ0v) is 16.1. The number of thiocarbonyl (C=S) groups is 1. The van der Waals surface area contributed by atoms with Gasteiger partial charge in [-0.05, 0) is 44.3 Å². The van der Waals surface area contributed by atoms with E-state index in [1.54, 1.807) is 0 Å². The maximum absolute atomic E-state index is 6.21. The summed E-state index contributed by atoms with van der Waals surface area (Å²) < 4.78 is 2.82. The van der Waals surface area contributed by atoms with Crippen LogP contribution in [0, 0.1) is 13.8 Å². The molecule has 4 nitrogen and oxygen atoms in total. The van der Waals surface area contributed by atoms with Crippen LogP contribution in [0.3, 0.4) is 0 Å². The highest BCUT2D eigenvalue weighted by Crippen LogP contribution is 2.26. The first kappa shape index (κ1) is 17.2. The normalized spacial score (nSPS) is 10.6. The van der Waals surface area contributed by atoms with Crippen molar-refractivity contribution < 1.29 is 0 Å². The van der Waals surface area contributed by atoms with Crippen molar-refractivity contribution >= 4 is 50.5 Å². The van der Waals surface area contributed by atoms with Crippen LogP contribution in [0.25, 0.3) is 0 Å². The van der Waals surface area contributed by atoms with Gasteiger partial charge in [-0.3, -0.25) is 4.68 Å². The number of nitrogens with one attached hydrogen (secondary N) is 1. The van der Waals surface area contributed by atoms with Crippen molar-refractivity contribution in [2.24, 2.45) is 7.05 Å². The Bertz CT molecular complexity index is 714. The van der Waals surface area contributed by atoms with Crippen LogP contribution in [0.5, 0.6) is 0 Å². The van der Waals surface area contributed by atoms with Gasteiger partial charge in [0.15, 0.2) is 5.11 Å². The monoisotopic (exact) mass is 400 g/mol. The molecule has 1 N–H and O–H groups in total. The van der Waals surface area contributed by atoms with Crippen LogP contribution in [-0.2, 0) is 13.6 Å². The molecule has 7 heteroatoms. The van der Waals surface area contributed by atoms with Crippen LogP contribution in [0.4, 0.5) is 5.69 Å². The molecule has 1 heterocycles. The Labute approximate surface area is 149 Å². The fourth-order valence-electron chi connectivity index (χ4n) is 2.16. The Morgan fingerprint density at radius 2 is 2.14 bits per heavy atom. The number of aryl methyl sites for hydroxylation is 2. The Hall–Kier alpha value is -1.11. The van der Waals surface area contributed by atoms with E-state index >= 15 is 0 Å². The predicted octanol–water partition coefficient (Wildman–Crippen LogP) is 4.28. The van der Waals surface area contributed by atoms with Gasteiger partial charge in [-0.1, -0.05) is 27.5 Å². The number of anilines is 1. The van der Waals surface area contributed by atoms with E-state index in [1.807, 2.05) is 48.8 Å². The molecule has 0 unspecified atom stereocenters. The summed E-state index contributed by atoms with van der Waals surface area (Å²) in [6, 6.07) is 5.65. The number of halogens is 2. The van der Waals surface area contributed by atoms with Crippen molar-refractivity contribution in [3.8, 4) is 0 Å². The van der Waals surface area contributed by atoms with Gasteiger partial charge in [0.05, 0.1) is 16.4 Å². The molecule has 22 heavy (non-hydrogen) atoms. The summed E-state index contributed by atoms with van der Waals surface area (Å²) in [7, 11) is 3.90. The van der Waals surface area contributed by atoms with E-state index in [0.717, 1.165) is 21.5 Å². The predicted molar refractivity (Wildman–Crippen MR) is 99.5 cm³/mol. The van der Waals surface area contributed by atoms with E-state index in [1.165, 1.54) is 5.56 Å². The van der Waals surface area contributed by atoms with Gasteiger partial charge in [0.2, 0.25) is 0 Å². The second kappa shape index (κ2) is 6.98. The average molecular weight is 402 g/mol. The average Bonchev–Trinajstić information content (AvgIpc) is 2.68. The van der Waals surface area contributed by atoms with Crippen LogP contribution in [-0.4, -0.2) is 26.8 Å². The summed E-state index contributed by atoms with van der Waals surface area (Å²) >= 11 is 15.1. The molecule has 0 aliphatic carbocycles. The van der Waals surface area contributed by atoms with Crippen molar-refractivity contribution in [3.05, 3.63) is 44.6 Å². The van der Waals surface area contributed by atoms with E-state index in [0.29, 0.717) is 16.7 Å². The molecule has 0 radical (unpaired) electrons. The van der Waals surface area contributed by atoms with Crippen LogP contribution < -0.4 is 5.32 Å². The van der Waals surface area contributed by atoms with Gasteiger partial charge in [0.1, 0.15) is 0 Å². The molecule has 0 saturated carbocycles. The lowest BCUT2D eigenvalue weighted by Gasteiger charge is -2.22. The minimum atomic E-state index is 0.617. The van der Waals surface area contributed by atoms with Crippen molar-refractivity contribution in [1.29, 1.82) is 0 Å². The SMILES string of the molecule is Cc1nn(C)c(C)c1CN(C)C(=S)Nc1ccc(Br)cc1Cl. The lowest BCUT2D eigenvalue weighted by atomic mass is 10.2. The molecule has 1 aromatic heterocycles. The largest absolute Gasteiger partial charge is 0.348 e. The third kappa shape index (κ3) is 3.80. The highest BCUT2D eigenvalue weighted by atomic mass is 79.9. The van der Waals surface area contributed by atoms with Crippen LogP contribution in [0.1, 0.15) is 17.0 Å². The van der Waals surface area contributed by atoms with Crippen molar-refractivity contribution in [2.75, 3.05) is 12.4 Å². The lowest BCUT2D eigenvalue weighted by Crippen LogP contribution is -2.31. The molecule has 0 spiro atoms. The topological polar surface area (TPSA) is 33.1 Å². The van der Waals surface area contributed by atoms with E-state index < -0.39 is 0 Å². The van der Waals surface area contributed by atoms with Gasteiger partial charge in [-0.2, -0.15) is 5.10 Å². The molecule has 0 saturated heterocycles. The summed E-state index contributed by atoms with van der Waals surface area (Å²) in [6.07, 6.45) is 0. The highest BCUT2D eigenvalue weighted by molar-refractivity contribution is 9.10. The number of nitrogens with zero attached hydrogens (tertiary/aromatic N) is 3. The molecule has 118 valence electrons. The fourth-order valence-corrected chi connectivity index (χ4v) is 3.05. The molecule has 0 aliphatic rings. The number of rotatable bonds is 3. The fraction of sp³-hybridized carbons (Fsp3) is 0.333. The molecule has 1 aromatic carbocycles. The second-order valence-corrected chi connectivity index (χ2v) is 6.89. The summed E-state index contributed by atoms with van der Waals surface area (Å²) in [5, 5.41) is 8.85. The van der Waals surface area contributed by atoms with Crippen LogP contribution in [0.2, 0.25) is 5.02 Å². The van der Waals surface area contributed by atoms with Crippen molar-refractivity contribution in [1.82, 2.24) is 14.7 Å². The summed E-state index contributed by atoms with van der Waals surface area (Å²) in [5.74, 6) is 0. The molecule has 0 fully saturated rings. The van der Waals surface area contributed by atoms with E-state index in [-0.39, 0.29) is 0 Å². The lowest BCUT2D eigenvalue weighted by molar-refractivity contribution is 0.505. The van der Waals surface area contributed by atoms with Crippen molar-refractivity contribution in [3.63, 3.8) is 0 Å². The maximum Gasteiger partial charge on any atom is 0.173 e. The minimum absolute atomic E-state index is 0.617.